The van der Waals surface area contributed by atoms with E-state index in [2.05, 4.69) is 5.32 Å². The van der Waals surface area contributed by atoms with Crippen LogP contribution < -0.4 is 14.4 Å². The van der Waals surface area contributed by atoms with Crippen LogP contribution in [0.15, 0.2) is 108 Å². The van der Waals surface area contributed by atoms with E-state index in [0.717, 1.165) is 15.4 Å². The van der Waals surface area contributed by atoms with Crippen LogP contribution in [0.25, 0.3) is 0 Å². The highest BCUT2D eigenvalue weighted by molar-refractivity contribution is 7.92. The van der Waals surface area contributed by atoms with Crippen LogP contribution >= 0.6 is 0 Å². The fraction of sp³-hybridized carbons (Fsp3) is 0.297. The Hall–Kier alpha value is -4.70. The van der Waals surface area contributed by atoms with Crippen molar-refractivity contribution in [1.82, 2.24) is 10.2 Å². The summed E-state index contributed by atoms with van der Waals surface area (Å²) in [6.45, 7) is 8.41. The number of halogens is 1. The Morgan fingerprint density at radius 2 is 1.49 bits per heavy atom. The quantitative estimate of drug-likeness (QED) is 0.182. The van der Waals surface area contributed by atoms with Gasteiger partial charge in [-0.05, 0) is 70.5 Å². The van der Waals surface area contributed by atoms with E-state index in [4.69, 9.17) is 4.74 Å². The average molecular weight is 660 g/mol. The number of benzene rings is 4. The van der Waals surface area contributed by atoms with Gasteiger partial charge < -0.3 is 15.0 Å². The van der Waals surface area contributed by atoms with Crippen LogP contribution in [0.3, 0.4) is 0 Å². The molecule has 0 spiro atoms. The molecule has 1 atom stereocenters. The maximum Gasteiger partial charge on any atom is 0.264 e. The van der Waals surface area contributed by atoms with Gasteiger partial charge in [0.1, 0.15) is 24.2 Å². The lowest BCUT2D eigenvalue weighted by molar-refractivity contribution is -0.140. The van der Waals surface area contributed by atoms with Crippen molar-refractivity contribution in [2.75, 3.05) is 17.5 Å². The number of nitrogens with zero attached hydrogens (tertiary/aromatic N) is 2. The SMILES string of the molecule is CCOc1ccccc1N(CC(=O)N(Cc1ccccc1F)[C@H](Cc1ccccc1)C(=O)NC(C)(C)C)S(=O)(=O)c1ccc(C)cc1. The number of amides is 2. The number of rotatable bonds is 13. The van der Waals surface area contributed by atoms with Gasteiger partial charge in [-0.3, -0.25) is 13.9 Å². The van der Waals surface area contributed by atoms with Gasteiger partial charge in [0.05, 0.1) is 17.2 Å². The number of sulfonamides is 1. The maximum absolute atomic E-state index is 15.1. The summed E-state index contributed by atoms with van der Waals surface area (Å²) < 4.78 is 50.5. The number of anilines is 1. The summed E-state index contributed by atoms with van der Waals surface area (Å²) in [5.41, 5.74) is 1.35. The van der Waals surface area contributed by atoms with E-state index in [1.54, 1.807) is 61.5 Å². The lowest BCUT2D eigenvalue weighted by atomic mass is 10.0. The molecule has 0 unspecified atom stereocenters. The third-order valence-electron chi connectivity index (χ3n) is 7.39. The summed E-state index contributed by atoms with van der Waals surface area (Å²) in [5.74, 6) is -1.43. The summed E-state index contributed by atoms with van der Waals surface area (Å²) in [5, 5.41) is 2.97. The number of carbonyl (C=O) groups is 2. The monoisotopic (exact) mass is 659 g/mol. The summed E-state index contributed by atoms with van der Waals surface area (Å²) in [6, 6.07) is 27.0. The number of nitrogens with one attached hydrogen (secondary N) is 1. The van der Waals surface area contributed by atoms with E-state index in [0.29, 0.717) is 0 Å². The molecule has 4 rings (SSSR count). The molecule has 10 heteroatoms. The van der Waals surface area contributed by atoms with E-state index < -0.39 is 45.8 Å². The molecule has 0 radical (unpaired) electrons. The second kappa shape index (κ2) is 15.3. The van der Waals surface area contributed by atoms with Crippen molar-refractivity contribution in [3.8, 4) is 5.75 Å². The van der Waals surface area contributed by atoms with Gasteiger partial charge in [-0.2, -0.15) is 0 Å². The maximum atomic E-state index is 15.1. The van der Waals surface area contributed by atoms with Gasteiger partial charge in [0.15, 0.2) is 0 Å². The average Bonchev–Trinajstić information content (AvgIpc) is 3.02. The molecule has 0 aliphatic rings. The molecular weight excluding hydrogens is 617 g/mol. The lowest BCUT2D eigenvalue weighted by Gasteiger charge is -2.35. The van der Waals surface area contributed by atoms with Crippen LogP contribution in [0.5, 0.6) is 5.75 Å². The fourth-order valence-corrected chi connectivity index (χ4v) is 6.53. The summed E-state index contributed by atoms with van der Waals surface area (Å²) in [7, 11) is -4.32. The molecule has 2 amide bonds. The number of carbonyl (C=O) groups excluding carboxylic acids is 2. The number of hydrogen-bond acceptors (Lipinski definition) is 5. The van der Waals surface area contributed by atoms with Gasteiger partial charge >= 0.3 is 0 Å². The topological polar surface area (TPSA) is 96.0 Å². The van der Waals surface area contributed by atoms with Crippen LogP contribution in [0.1, 0.15) is 44.4 Å². The Bertz CT molecular complexity index is 1770. The number of para-hydroxylation sites is 2. The molecule has 0 aliphatic carbocycles. The molecule has 1 N–H and O–H groups in total. The lowest BCUT2D eigenvalue weighted by Crippen LogP contribution is -2.56. The molecule has 8 nitrogen and oxygen atoms in total. The Morgan fingerprint density at radius 3 is 2.13 bits per heavy atom. The van der Waals surface area contributed by atoms with Gasteiger partial charge in [0, 0.05) is 24.1 Å². The number of aryl methyl sites for hydroxylation is 1. The number of hydrogen-bond donors (Lipinski definition) is 1. The molecule has 0 fully saturated rings. The third-order valence-corrected chi connectivity index (χ3v) is 9.16. The zero-order valence-corrected chi connectivity index (χ0v) is 28.3. The fourth-order valence-electron chi connectivity index (χ4n) is 5.11. The Kier molecular flexibility index (Phi) is 11.4. The second-order valence-electron chi connectivity index (χ2n) is 12.3. The highest BCUT2D eigenvalue weighted by atomic mass is 32.2. The Labute approximate surface area is 277 Å². The zero-order valence-electron chi connectivity index (χ0n) is 27.4. The van der Waals surface area contributed by atoms with Crippen LogP contribution in [0.4, 0.5) is 10.1 Å². The van der Waals surface area contributed by atoms with Crippen molar-refractivity contribution >= 4 is 27.5 Å². The Balaban J connectivity index is 1.86. The highest BCUT2D eigenvalue weighted by Crippen LogP contribution is 2.33. The minimum Gasteiger partial charge on any atom is -0.492 e. The third kappa shape index (κ3) is 9.19. The smallest absolute Gasteiger partial charge is 0.264 e. The van der Waals surface area contributed by atoms with Crippen molar-refractivity contribution in [3.05, 3.63) is 126 Å². The summed E-state index contributed by atoms with van der Waals surface area (Å²) >= 11 is 0. The highest BCUT2D eigenvalue weighted by Gasteiger charge is 2.36. The van der Waals surface area contributed by atoms with Crippen LogP contribution in [-0.4, -0.2) is 49.9 Å². The first-order valence-electron chi connectivity index (χ1n) is 15.5. The minimum absolute atomic E-state index is 0.0193. The van der Waals surface area contributed by atoms with Gasteiger partial charge in [0.25, 0.3) is 10.0 Å². The second-order valence-corrected chi connectivity index (χ2v) is 14.1. The van der Waals surface area contributed by atoms with E-state index in [1.165, 1.54) is 23.1 Å². The molecule has 0 bridgehead atoms. The molecule has 248 valence electrons. The van der Waals surface area contributed by atoms with Crippen LogP contribution in [0.2, 0.25) is 0 Å². The predicted octanol–water partition coefficient (Wildman–Crippen LogP) is 6.28. The van der Waals surface area contributed by atoms with E-state index in [-0.39, 0.29) is 41.5 Å². The molecule has 0 aliphatic heterocycles. The largest absolute Gasteiger partial charge is 0.492 e. The van der Waals surface area contributed by atoms with Crippen molar-refractivity contribution in [3.63, 3.8) is 0 Å². The molecule has 0 aromatic heterocycles. The van der Waals surface area contributed by atoms with Crippen molar-refractivity contribution < 1.29 is 27.1 Å². The predicted molar refractivity (Wildman–Crippen MR) is 182 cm³/mol. The van der Waals surface area contributed by atoms with Gasteiger partial charge in [-0.1, -0.05) is 78.4 Å². The zero-order chi connectivity index (χ0) is 34.2. The van der Waals surface area contributed by atoms with E-state index >= 15 is 4.39 Å². The summed E-state index contributed by atoms with van der Waals surface area (Å²) in [6.07, 6.45) is 0.114. The standard InChI is InChI=1S/C37H42FN3O5S/c1-6-46-34-19-13-12-18-32(34)41(47(44,45)30-22-20-27(2)21-23-30)26-35(42)40(25-29-16-10-11-17-31(29)38)33(36(43)39-37(3,4)5)24-28-14-8-7-9-15-28/h7-23,33H,6,24-26H2,1-5H3,(H,39,43)/t33-/m1/s1. The van der Waals surface area contributed by atoms with Crippen molar-refractivity contribution in [2.45, 2.75) is 64.1 Å². The molecule has 4 aromatic carbocycles. The Morgan fingerprint density at radius 1 is 0.872 bits per heavy atom. The summed E-state index contributed by atoms with van der Waals surface area (Å²) in [4.78, 5) is 29.9. The first-order chi connectivity index (χ1) is 22.3. The normalized spacial score (nSPS) is 12.2. The first-order valence-corrected chi connectivity index (χ1v) is 16.9. The molecule has 4 aromatic rings. The first kappa shape index (κ1) is 35.2. The van der Waals surface area contributed by atoms with Crippen LogP contribution in [0, 0.1) is 12.7 Å². The van der Waals surface area contributed by atoms with Gasteiger partial charge in [-0.15, -0.1) is 0 Å². The van der Waals surface area contributed by atoms with Gasteiger partial charge in [0.2, 0.25) is 11.8 Å². The van der Waals surface area contributed by atoms with Crippen molar-refractivity contribution in [1.29, 1.82) is 0 Å². The molecular formula is C37H42FN3O5S. The van der Waals surface area contributed by atoms with E-state index in [1.807, 2.05) is 58.0 Å². The van der Waals surface area contributed by atoms with Crippen molar-refractivity contribution in [2.24, 2.45) is 0 Å². The minimum atomic E-state index is -4.32. The van der Waals surface area contributed by atoms with Gasteiger partial charge in [-0.25, -0.2) is 12.8 Å². The molecule has 47 heavy (non-hydrogen) atoms. The molecule has 0 saturated heterocycles. The molecule has 0 heterocycles. The van der Waals surface area contributed by atoms with E-state index in [9.17, 15) is 18.0 Å². The molecule has 0 saturated carbocycles. The number of ether oxygens (including phenoxy) is 1. The van der Waals surface area contributed by atoms with Crippen LogP contribution in [-0.2, 0) is 32.6 Å².